The molecule has 0 aliphatic heterocycles. The Hall–Kier alpha value is -3.76. The summed E-state index contributed by atoms with van der Waals surface area (Å²) < 4.78 is 82.6. The van der Waals surface area contributed by atoms with Crippen molar-refractivity contribution < 1.29 is 45.7 Å². The van der Waals surface area contributed by atoms with E-state index in [1.165, 1.54) is 30.3 Å². The monoisotopic (exact) mass is 443 g/mol. The highest BCUT2D eigenvalue weighted by atomic mass is 19.4. The standard InChI is InChI=1S/C20H11F6NO4/c21-19(22,23)30-14-5-1-3-11(7-14)13-9-16(17(18(28)29)27-10-13)12-4-2-6-15(8-12)31-20(24,25)26/h1-10H,(H,28,29). The summed E-state index contributed by atoms with van der Waals surface area (Å²) in [6, 6.07) is 10.7. The first-order chi connectivity index (χ1) is 14.4. The van der Waals surface area contributed by atoms with Gasteiger partial charge in [-0.15, -0.1) is 26.3 Å². The highest BCUT2D eigenvalue weighted by molar-refractivity contribution is 5.95. The second-order valence-corrected chi connectivity index (χ2v) is 6.08. The molecule has 2 aromatic carbocycles. The van der Waals surface area contributed by atoms with Gasteiger partial charge in [0, 0.05) is 17.3 Å². The van der Waals surface area contributed by atoms with Crippen LogP contribution in [0.2, 0.25) is 0 Å². The van der Waals surface area contributed by atoms with Crippen molar-refractivity contribution in [3.63, 3.8) is 0 Å². The Kier molecular flexibility index (Phi) is 5.78. The Morgan fingerprint density at radius 2 is 1.29 bits per heavy atom. The molecule has 1 heterocycles. The molecular weight excluding hydrogens is 432 g/mol. The van der Waals surface area contributed by atoms with Crippen molar-refractivity contribution in [1.29, 1.82) is 0 Å². The van der Waals surface area contributed by atoms with Crippen molar-refractivity contribution in [2.24, 2.45) is 0 Å². The highest BCUT2D eigenvalue weighted by Gasteiger charge is 2.32. The average molecular weight is 443 g/mol. The number of rotatable bonds is 5. The maximum atomic E-state index is 12.5. The second-order valence-electron chi connectivity index (χ2n) is 6.08. The molecular formula is C20H11F6NO4. The van der Waals surface area contributed by atoms with Gasteiger partial charge >= 0.3 is 18.7 Å². The lowest BCUT2D eigenvalue weighted by molar-refractivity contribution is -0.275. The van der Waals surface area contributed by atoms with Crippen molar-refractivity contribution in [2.75, 3.05) is 0 Å². The van der Waals surface area contributed by atoms with Crippen LogP contribution >= 0.6 is 0 Å². The number of carbonyl (C=O) groups is 1. The van der Waals surface area contributed by atoms with E-state index in [-0.39, 0.29) is 22.3 Å². The van der Waals surface area contributed by atoms with Crippen molar-refractivity contribution in [3.05, 3.63) is 66.5 Å². The largest absolute Gasteiger partial charge is 0.573 e. The number of aromatic carboxylic acids is 1. The van der Waals surface area contributed by atoms with Gasteiger partial charge < -0.3 is 14.6 Å². The van der Waals surface area contributed by atoms with E-state index >= 15 is 0 Å². The van der Waals surface area contributed by atoms with Crippen LogP contribution in [0.1, 0.15) is 10.5 Å². The third kappa shape index (κ3) is 5.87. The molecule has 0 unspecified atom stereocenters. The van der Waals surface area contributed by atoms with E-state index < -0.39 is 35.9 Å². The lowest BCUT2D eigenvalue weighted by Gasteiger charge is -2.13. The molecule has 11 heteroatoms. The van der Waals surface area contributed by atoms with Crippen molar-refractivity contribution in [1.82, 2.24) is 4.98 Å². The molecule has 0 aliphatic rings. The molecule has 0 amide bonds. The fourth-order valence-electron chi connectivity index (χ4n) is 2.75. The molecule has 0 aliphatic carbocycles. The molecule has 31 heavy (non-hydrogen) atoms. The van der Waals surface area contributed by atoms with Crippen LogP contribution in [0, 0.1) is 0 Å². The number of pyridine rings is 1. The van der Waals surface area contributed by atoms with Crippen LogP contribution in [0.5, 0.6) is 11.5 Å². The third-order valence-corrected chi connectivity index (χ3v) is 3.87. The third-order valence-electron chi connectivity index (χ3n) is 3.87. The minimum Gasteiger partial charge on any atom is -0.476 e. The highest BCUT2D eigenvalue weighted by Crippen LogP contribution is 2.33. The van der Waals surface area contributed by atoms with Crippen LogP contribution in [0.15, 0.2) is 60.8 Å². The van der Waals surface area contributed by atoms with E-state index in [1.54, 1.807) is 0 Å². The van der Waals surface area contributed by atoms with E-state index in [9.17, 15) is 36.2 Å². The number of carboxylic acid groups (broad SMARTS) is 1. The Balaban J connectivity index is 2.07. The first kappa shape index (κ1) is 21.9. The number of aromatic nitrogens is 1. The second kappa shape index (κ2) is 8.17. The first-order valence-corrected chi connectivity index (χ1v) is 8.37. The summed E-state index contributed by atoms with van der Waals surface area (Å²) in [5, 5.41) is 9.40. The normalized spacial score (nSPS) is 11.8. The van der Waals surface area contributed by atoms with E-state index in [1.807, 2.05) is 0 Å². The molecule has 0 atom stereocenters. The Morgan fingerprint density at radius 1 is 0.774 bits per heavy atom. The molecule has 1 aromatic heterocycles. The number of hydrogen-bond acceptors (Lipinski definition) is 4. The molecule has 3 aromatic rings. The topological polar surface area (TPSA) is 68.7 Å². The van der Waals surface area contributed by atoms with Gasteiger partial charge in [0.2, 0.25) is 0 Å². The molecule has 0 bridgehead atoms. The fraction of sp³-hybridized carbons (Fsp3) is 0.100. The maximum Gasteiger partial charge on any atom is 0.573 e. The zero-order valence-corrected chi connectivity index (χ0v) is 15.2. The lowest BCUT2D eigenvalue weighted by Crippen LogP contribution is -2.17. The summed E-state index contributed by atoms with van der Waals surface area (Å²) >= 11 is 0. The van der Waals surface area contributed by atoms with Gasteiger partial charge in [0.25, 0.3) is 0 Å². The van der Waals surface area contributed by atoms with Gasteiger partial charge in [0.15, 0.2) is 5.69 Å². The minimum absolute atomic E-state index is 0.0520. The fourth-order valence-corrected chi connectivity index (χ4v) is 2.75. The molecule has 0 spiro atoms. The van der Waals surface area contributed by atoms with Crippen LogP contribution in [0.25, 0.3) is 22.3 Å². The lowest BCUT2D eigenvalue weighted by atomic mass is 9.98. The van der Waals surface area contributed by atoms with Gasteiger partial charge in [0.1, 0.15) is 11.5 Å². The van der Waals surface area contributed by atoms with Gasteiger partial charge in [-0.25, -0.2) is 9.78 Å². The summed E-state index contributed by atoms with van der Waals surface area (Å²) in [5.74, 6) is -2.53. The van der Waals surface area contributed by atoms with Crippen LogP contribution in [0.4, 0.5) is 26.3 Å². The molecule has 3 rings (SSSR count). The zero-order chi connectivity index (χ0) is 22.8. The predicted molar refractivity (Wildman–Crippen MR) is 95.4 cm³/mol. The summed E-state index contributed by atoms with van der Waals surface area (Å²) in [6.07, 6.45) is -8.74. The van der Waals surface area contributed by atoms with Crippen molar-refractivity contribution in [2.45, 2.75) is 12.7 Å². The summed E-state index contributed by atoms with van der Waals surface area (Å²) in [7, 11) is 0. The SMILES string of the molecule is O=C(O)c1ncc(-c2cccc(OC(F)(F)F)c2)cc1-c1cccc(OC(F)(F)F)c1. The number of nitrogens with zero attached hydrogens (tertiary/aromatic N) is 1. The molecule has 0 radical (unpaired) electrons. The molecule has 0 saturated carbocycles. The molecule has 1 N–H and O–H groups in total. The number of carboxylic acids is 1. The average Bonchev–Trinajstić information content (AvgIpc) is 2.65. The molecule has 0 saturated heterocycles. The van der Waals surface area contributed by atoms with Gasteiger partial charge in [-0.2, -0.15) is 0 Å². The smallest absolute Gasteiger partial charge is 0.476 e. The van der Waals surface area contributed by atoms with Crippen LogP contribution in [-0.4, -0.2) is 28.8 Å². The zero-order valence-electron chi connectivity index (χ0n) is 15.2. The summed E-state index contributed by atoms with van der Waals surface area (Å²) in [5.41, 5.74) is -0.0310. The van der Waals surface area contributed by atoms with Gasteiger partial charge in [-0.3, -0.25) is 0 Å². The molecule has 162 valence electrons. The first-order valence-electron chi connectivity index (χ1n) is 8.37. The van der Waals surface area contributed by atoms with E-state index in [0.717, 1.165) is 30.5 Å². The quantitative estimate of drug-likeness (QED) is 0.497. The summed E-state index contributed by atoms with van der Waals surface area (Å²) in [6.45, 7) is 0. The number of halogens is 6. The van der Waals surface area contributed by atoms with E-state index in [0.29, 0.717) is 0 Å². The summed E-state index contributed by atoms with van der Waals surface area (Å²) in [4.78, 5) is 15.4. The van der Waals surface area contributed by atoms with E-state index in [4.69, 9.17) is 0 Å². The van der Waals surface area contributed by atoms with Crippen LogP contribution in [-0.2, 0) is 0 Å². The number of alkyl halides is 6. The van der Waals surface area contributed by atoms with Crippen molar-refractivity contribution in [3.8, 4) is 33.8 Å². The van der Waals surface area contributed by atoms with E-state index in [2.05, 4.69) is 14.5 Å². The van der Waals surface area contributed by atoms with Gasteiger partial charge in [0.05, 0.1) is 0 Å². The molecule has 5 nitrogen and oxygen atoms in total. The Labute approximate surface area is 170 Å². The van der Waals surface area contributed by atoms with Crippen LogP contribution in [0.3, 0.4) is 0 Å². The van der Waals surface area contributed by atoms with Crippen molar-refractivity contribution >= 4 is 5.97 Å². The number of ether oxygens (including phenoxy) is 2. The predicted octanol–water partition coefficient (Wildman–Crippen LogP) is 5.91. The number of hydrogen-bond donors (Lipinski definition) is 1. The Bertz CT molecular complexity index is 1110. The minimum atomic E-state index is -4.95. The Morgan fingerprint density at radius 3 is 1.81 bits per heavy atom. The van der Waals surface area contributed by atoms with Crippen LogP contribution < -0.4 is 9.47 Å². The van der Waals surface area contributed by atoms with Gasteiger partial charge in [-0.05, 0) is 41.5 Å². The number of benzene rings is 2. The molecule has 0 fully saturated rings. The van der Waals surface area contributed by atoms with Gasteiger partial charge in [-0.1, -0.05) is 24.3 Å². The maximum absolute atomic E-state index is 12.5.